The summed E-state index contributed by atoms with van der Waals surface area (Å²) in [6, 6.07) is 13.6. The van der Waals surface area contributed by atoms with Gasteiger partial charge in [0, 0.05) is 18.2 Å². The molecule has 0 atom stereocenters. The molecule has 4 nitrogen and oxygen atoms in total. The van der Waals surface area contributed by atoms with Gasteiger partial charge in [-0.3, -0.25) is 4.79 Å². The number of ether oxygens (including phenoxy) is 2. The van der Waals surface area contributed by atoms with Crippen molar-refractivity contribution >= 4 is 12.0 Å². The Hall–Kier alpha value is -2.75. The van der Waals surface area contributed by atoms with E-state index in [0.717, 1.165) is 28.2 Å². The zero-order valence-corrected chi connectivity index (χ0v) is 15.2. The fourth-order valence-electron chi connectivity index (χ4n) is 2.64. The summed E-state index contributed by atoms with van der Waals surface area (Å²) < 4.78 is 11.0. The average molecular weight is 339 g/mol. The molecule has 2 rings (SSSR count). The Morgan fingerprint density at radius 3 is 2.20 bits per heavy atom. The highest BCUT2D eigenvalue weighted by Gasteiger charge is 2.15. The molecular weight excluding hydrogens is 314 g/mol. The first-order valence-electron chi connectivity index (χ1n) is 8.31. The molecule has 0 unspecified atom stereocenters. The summed E-state index contributed by atoms with van der Waals surface area (Å²) in [6.07, 6.45) is 3.28. The van der Waals surface area contributed by atoms with Gasteiger partial charge in [-0.25, -0.2) is 0 Å². The summed E-state index contributed by atoms with van der Waals surface area (Å²) in [6.45, 7) is 4.68. The van der Waals surface area contributed by atoms with E-state index in [2.05, 4.69) is 19.2 Å². The van der Waals surface area contributed by atoms with Gasteiger partial charge in [0.1, 0.15) is 11.5 Å². The van der Waals surface area contributed by atoms with Crippen molar-refractivity contribution in [2.24, 2.45) is 0 Å². The van der Waals surface area contributed by atoms with Crippen LogP contribution in [0.25, 0.3) is 6.08 Å². The van der Waals surface area contributed by atoms with Gasteiger partial charge in [0.05, 0.1) is 14.2 Å². The second-order valence-corrected chi connectivity index (χ2v) is 6.03. The minimum Gasteiger partial charge on any atom is -0.496 e. The van der Waals surface area contributed by atoms with Crippen molar-refractivity contribution in [1.29, 1.82) is 0 Å². The molecule has 2 aromatic carbocycles. The maximum Gasteiger partial charge on any atom is 0.244 e. The number of hydrogen-bond acceptors (Lipinski definition) is 3. The molecule has 0 aliphatic carbocycles. The smallest absolute Gasteiger partial charge is 0.244 e. The first-order valence-corrected chi connectivity index (χ1v) is 8.31. The third-order valence-corrected chi connectivity index (χ3v) is 3.88. The molecule has 0 heterocycles. The lowest BCUT2D eigenvalue weighted by Gasteiger charge is -2.17. The van der Waals surface area contributed by atoms with Gasteiger partial charge in [-0.05, 0) is 35.3 Å². The Morgan fingerprint density at radius 1 is 1.08 bits per heavy atom. The highest BCUT2D eigenvalue weighted by molar-refractivity contribution is 5.91. The number of rotatable bonds is 7. The molecule has 0 saturated carbocycles. The predicted molar refractivity (Wildman–Crippen MR) is 101 cm³/mol. The molecule has 0 fully saturated rings. The number of hydrogen-bond donors (Lipinski definition) is 1. The van der Waals surface area contributed by atoms with Crippen molar-refractivity contribution in [3.8, 4) is 11.5 Å². The van der Waals surface area contributed by atoms with Crippen LogP contribution in [0.3, 0.4) is 0 Å². The van der Waals surface area contributed by atoms with E-state index in [9.17, 15) is 4.79 Å². The van der Waals surface area contributed by atoms with Crippen LogP contribution >= 0.6 is 0 Å². The van der Waals surface area contributed by atoms with E-state index in [0.29, 0.717) is 6.54 Å². The molecule has 4 heteroatoms. The minimum absolute atomic E-state index is 0.144. The lowest BCUT2D eigenvalue weighted by molar-refractivity contribution is -0.116. The minimum atomic E-state index is -0.144. The van der Waals surface area contributed by atoms with E-state index in [1.807, 2.05) is 42.5 Å². The highest BCUT2D eigenvalue weighted by Crippen LogP contribution is 2.36. The molecule has 0 bridgehead atoms. The zero-order valence-electron chi connectivity index (χ0n) is 15.2. The van der Waals surface area contributed by atoms with Crippen molar-refractivity contribution in [2.45, 2.75) is 26.3 Å². The summed E-state index contributed by atoms with van der Waals surface area (Å²) in [5, 5.41) is 2.87. The second kappa shape index (κ2) is 8.92. The van der Waals surface area contributed by atoms with E-state index in [-0.39, 0.29) is 11.8 Å². The third kappa shape index (κ3) is 5.11. The van der Waals surface area contributed by atoms with Crippen molar-refractivity contribution in [2.75, 3.05) is 14.2 Å². The average Bonchev–Trinajstić information content (AvgIpc) is 2.64. The lowest BCUT2D eigenvalue weighted by atomic mass is 9.98. The van der Waals surface area contributed by atoms with Crippen molar-refractivity contribution in [3.63, 3.8) is 0 Å². The molecule has 0 aliphatic heterocycles. The van der Waals surface area contributed by atoms with E-state index in [1.165, 1.54) is 6.08 Å². The Kier molecular flexibility index (Phi) is 6.63. The summed E-state index contributed by atoms with van der Waals surface area (Å²) in [4.78, 5) is 12.0. The first-order chi connectivity index (χ1) is 12.0. The molecule has 0 aliphatic rings. The molecule has 1 amide bonds. The van der Waals surface area contributed by atoms with Crippen LogP contribution in [-0.2, 0) is 11.3 Å². The van der Waals surface area contributed by atoms with Crippen LogP contribution in [-0.4, -0.2) is 20.1 Å². The molecule has 0 aromatic heterocycles. The van der Waals surface area contributed by atoms with Crippen LogP contribution in [0, 0.1) is 0 Å². The number of amides is 1. The maximum atomic E-state index is 12.0. The third-order valence-electron chi connectivity index (χ3n) is 3.88. The maximum absolute atomic E-state index is 12.0. The van der Waals surface area contributed by atoms with E-state index in [4.69, 9.17) is 9.47 Å². The van der Waals surface area contributed by atoms with Gasteiger partial charge in [0.15, 0.2) is 0 Å². The van der Waals surface area contributed by atoms with Gasteiger partial charge >= 0.3 is 0 Å². The second-order valence-electron chi connectivity index (χ2n) is 6.03. The standard InChI is InChI=1S/C21H25NO3/c1-15(2)21-18(24-3)12-17(13-19(21)25-4)10-11-20(23)22-14-16-8-6-5-7-9-16/h5-13,15H,14H2,1-4H3,(H,22,23). The van der Waals surface area contributed by atoms with Gasteiger partial charge in [0.25, 0.3) is 0 Å². The number of benzene rings is 2. The Morgan fingerprint density at radius 2 is 1.68 bits per heavy atom. The van der Waals surface area contributed by atoms with Crippen LogP contribution in [0.4, 0.5) is 0 Å². The summed E-state index contributed by atoms with van der Waals surface area (Å²) in [5.74, 6) is 1.66. The van der Waals surface area contributed by atoms with Crippen molar-refractivity contribution < 1.29 is 14.3 Å². The zero-order chi connectivity index (χ0) is 18.2. The van der Waals surface area contributed by atoms with Gasteiger partial charge in [-0.15, -0.1) is 0 Å². The Balaban J connectivity index is 2.10. The van der Waals surface area contributed by atoms with Crippen molar-refractivity contribution in [1.82, 2.24) is 5.32 Å². The van der Waals surface area contributed by atoms with Crippen molar-refractivity contribution in [3.05, 3.63) is 65.2 Å². The Bertz CT molecular complexity index is 711. The van der Waals surface area contributed by atoms with E-state index in [1.54, 1.807) is 20.3 Å². The number of carbonyl (C=O) groups is 1. The molecule has 0 radical (unpaired) electrons. The highest BCUT2D eigenvalue weighted by atomic mass is 16.5. The number of nitrogens with one attached hydrogen (secondary N) is 1. The van der Waals surface area contributed by atoms with Gasteiger partial charge in [-0.1, -0.05) is 44.2 Å². The quantitative estimate of drug-likeness (QED) is 0.771. The molecule has 0 saturated heterocycles. The van der Waals surface area contributed by atoms with Crippen LogP contribution in [0.2, 0.25) is 0 Å². The van der Waals surface area contributed by atoms with Crippen LogP contribution in [0.1, 0.15) is 36.5 Å². The predicted octanol–water partition coefficient (Wildman–Crippen LogP) is 4.16. The molecule has 0 spiro atoms. The molecular formula is C21H25NO3. The number of carbonyl (C=O) groups excluding carboxylic acids is 1. The normalized spacial score (nSPS) is 10.9. The van der Waals surface area contributed by atoms with Gasteiger partial charge < -0.3 is 14.8 Å². The molecule has 1 N–H and O–H groups in total. The number of methoxy groups -OCH3 is 2. The van der Waals surface area contributed by atoms with Crippen LogP contribution in [0.5, 0.6) is 11.5 Å². The van der Waals surface area contributed by atoms with E-state index >= 15 is 0 Å². The van der Waals surface area contributed by atoms with E-state index < -0.39 is 0 Å². The largest absolute Gasteiger partial charge is 0.496 e. The van der Waals surface area contributed by atoms with Crippen LogP contribution < -0.4 is 14.8 Å². The first kappa shape index (κ1) is 18.6. The monoisotopic (exact) mass is 339 g/mol. The lowest BCUT2D eigenvalue weighted by Crippen LogP contribution is -2.20. The Labute approximate surface area is 149 Å². The fourth-order valence-corrected chi connectivity index (χ4v) is 2.64. The van der Waals surface area contributed by atoms with Gasteiger partial charge in [0.2, 0.25) is 5.91 Å². The molecule has 2 aromatic rings. The fraction of sp³-hybridized carbons (Fsp3) is 0.286. The van der Waals surface area contributed by atoms with Gasteiger partial charge in [-0.2, -0.15) is 0 Å². The van der Waals surface area contributed by atoms with Crippen LogP contribution in [0.15, 0.2) is 48.5 Å². The topological polar surface area (TPSA) is 47.6 Å². The summed E-state index contributed by atoms with van der Waals surface area (Å²) in [7, 11) is 3.28. The summed E-state index contributed by atoms with van der Waals surface area (Å²) >= 11 is 0. The SMILES string of the molecule is COc1cc(C=CC(=O)NCc2ccccc2)cc(OC)c1C(C)C. The molecule has 25 heavy (non-hydrogen) atoms. The molecule has 132 valence electrons. The summed E-state index contributed by atoms with van der Waals surface area (Å²) in [5.41, 5.74) is 2.94.